The Morgan fingerprint density at radius 3 is 2.08 bits per heavy atom. The smallest absolute Gasteiger partial charge is 0.339 e. The van der Waals surface area contributed by atoms with E-state index in [4.69, 9.17) is 4.74 Å². The molecule has 0 spiro atoms. The molecule has 1 heterocycles. The fourth-order valence-corrected chi connectivity index (χ4v) is 4.39. The van der Waals surface area contributed by atoms with Gasteiger partial charge in [-0.2, -0.15) is 12.7 Å². The van der Waals surface area contributed by atoms with Crippen molar-refractivity contribution in [2.75, 3.05) is 20.3 Å². The molecule has 1 aromatic carbocycles. The molecule has 1 aliphatic carbocycles. The number of carbonyl (C=O) groups excluding carboxylic acids is 1. The van der Waals surface area contributed by atoms with E-state index in [0.29, 0.717) is 12.8 Å². The van der Waals surface area contributed by atoms with Gasteiger partial charge in [0.2, 0.25) is 0 Å². The van der Waals surface area contributed by atoms with Crippen LogP contribution in [-0.2, 0) is 24.0 Å². The van der Waals surface area contributed by atoms with Gasteiger partial charge in [-0.3, -0.25) is 8.98 Å². The van der Waals surface area contributed by atoms with Gasteiger partial charge in [-0.15, -0.1) is 0 Å². The second-order valence-electron chi connectivity index (χ2n) is 5.52. The highest BCUT2D eigenvalue weighted by molar-refractivity contribution is 7.84. The molecule has 1 aromatic rings. The van der Waals surface area contributed by atoms with Crippen molar-refractivity contribution in [1.82, 2.24) is 4.31 Å². The van der Waals surface area contributed by atoms with Gasteiger partial charge in [0.25, 0.3) is 0 Å². The van der Waals surface area contributed by atoms with Gasteiger partial charge in [-0.1, -0.05) is 32.8 Å². The van der Waals surface area contributed by atoms with E-state index in [-0.39, 0.29) is 13.2 Å². The molecule has 0 N–H and O–H groups in total. The van der Waals surface area contributed by atoms with E-state index in [1.807, 2.05) is 13.8 Å². The summed E-state index contributed by atoms with van der Waals surface area (Å²) in [6.07, 6.45) is 2.70. The Morgan fingerprint density at radius 2 is 1.73 bits per heavy atom. The molecule has 0 atom stereocenters. The van der Waals surface area contributed by atoms with Crippen molar-refractivity contribution in [2.45, 2.75) is 45.1 Å². The minimum atomic E-state index is -3.75. The molecule has 0 radical (unpaired) electrons. The van der Waals surface area contributed by atoms with Crippen LogP contribution in [0.2, 0.25) is 0 Å². The Hall–Kier alpha value is -1.58. The summed E-state index contributed by atoms with van der Waals surface area (Å²) in [6.45, 7) is 4.35. The third-order valence-electron chi connectivity index (χ3n) is 4.06. The Bertz CT molecular complexity index is 673. The molecule has 0 aromatic heterocycles. The minimum Gasteiger partial charge on any atom is -0.468 e. The SMILES string of the molecule is CC.COC(=O)C1(N2CCOS2(=O)=O)CCCC1.Fc1cccc(F)c1. The maximum atomic E-state index is 11.9. The maximum Gasteiger partial charge on any atom is 0.339 e. The first-order valence-electron chi connectivity index (χ1n) is 8.48. The summed E-state index contributed by atoms with van der Waals surface area (Å²) in [5.74, 6) is -1.55. The van der Waals surface area contributed by atoms with E-state index >= 15 is 0 Å². The molecule has 9 heteroatoms. The molecule has 1 saturated carbocycles. The first kappa shape index (κ1) is 22.5. The molecule has 148 valence electrons. The fourth-order valence-electron chi connectivity index (χ4n) is 2.99. The standard InChI is InChI=1S/C9H15NO5S.C6H4F2.C2H6/c1-14-8(11)9(4-2-3-5-9)10-6-7-15-16(10,12)13;7-5-2-1-3-6(8)4-5;1-2/h2-7H2,1H3;1-4H;1-2H3. The number of rotatable bonds is 2. The molecule has 1 aliphatic heterocycles. The predicted molar refractivity (Wildman–Crippen MR) is 92.5 cm³/mol. The van der Waals surface area contributed by atoms with Gasteiger partial charge >= 0.3 is 16.3 Å². The zero-order valence-corrected chi connectivity index (χ0v) is 16.0. The van der Waals surface area contributed by atoms with E-state index in [0.717, 1.165) is 18.9 Å². The molecule has 0 bridgehead atoms. The first-order chi connectivity index (χ1) is 12.3. The summed E-state index contributed by atoms with van der Waals surface area (Å²) in [5.41, 5.74) is -1.02. The molecule has 1 saturated heterocycles. The Morgan fingerprint density at radius 1 is 1.19 bits per heavy atom. The molecular weight excluding hydrogens is 368 g/mol. The van der Waals surface area contributed by atoms with Gasteiger partial charge in [-0.05, 0) is 25.0 Å². The van der Waals surface area contributed by atoms with Crippen LogP contribution in [0.15, 0.2) is 24.3 Å². The van der Waals surface area contributed by atoms with Crippen LogP contribution in [0.1, 0.15) is 39.5 Å². The highest BCUT2D eigenvalue weighted by Crippen LogP contribution is 2.39. The van der Waals surface area contributed by atoms with Crippen LogP contribution in [0.4, 0.5) is 8.78 Å². The van der Waals surface area contributed by atoms with Gasteiger partial charge in [0, 0.05) is 12.6 Å². The molecule has 2 fully saturated rings. The minimum absolute atomic E-state index is 0.112. The lowest BCUT2D eigenvalue weighted by Crippen LogP contribution is -2.53. The quantitative estimate of drug-likeness (QED) is 0.722. The summed E-state index contributed by atoms with van der Waals surface area (Å²) < 4.78 is 57.8. The summed E-state index contributed by atoms with van der Waals surface area (Å²) in [7, 11) is -2.47. The van der Waals surface area contributed by atoms with Crippen LogP contribution >= 0.6 is 0 Å². The average Bonchev–Trinajstić information content (AvgIpc) is 3.23. The molecule has 0 amide bonds. The summed E-state index contributed by atoms with van der Waals surface area (Å²) in [5, 5.41) is 0. The number of ether oxygens (including phenoxy) is 1. The number of halogens is 2. The van der Waals surface area contributed by atoms with E-state index < -0.39 is 33.4 Å². The molecule has 6 nitrogen and oxygen atoms in total. The van der Waals surface area contributed by atoms with Crippen molar-refractivity contribution in [2.24, 2.45) is 0 Å². The van der Waals surface area contributed by atoms with E-state index in [1.54, 1.807) is 0 Å². The zero-order chi connectivity index (χ0) is 19.8. The number of benzene rings is 1. The number of methoxy groups -OCH3 is 1. The Balaban J connectivity index is 0.000000284. The number of hydrogen-bond donors (Lipinski definition) is 0. The number of hydrogen-bond acceptors (Lipinski definition) is 5. The van der Waals surface area contributed by atoms with Crippen LogP contribution in [0.5, 0.6) is 0 Å². The molecule has 3 rings (SSSR count). The van der Waals surface area contributed by atoms with Gasteiger partial charge in [0.05, 0.1) is 13.7 Å². The van der Waals surface area contributed by atoms with Gasteiger partial charge < -0.3 is 4.74 Å². The number of nitrogens with zero attached hydrogens (tertiary/aromatic N) is 1. The second kappa shape index (κ2) is 9.94. The third-order valence-corrected chi connectivity index (χ3v) is 5.59. The van der Waals surface area contributed by atoms with E-state index in [1.165, 1.54) is 29.6 Å². The first-order valence-corrected chi connectivity index (χ1v) is 9.85. The highest BCUT2D eigenvalue weighted by atomic mass is 32.2. The molecule has 2 aliphatic rings. The topological polar surface area (TPSA) is 72.9 Å². The van der Waals surface area contributed by atoms with Crippen LogP contribution in [0.3, 0.4) is 0 Å². The van der Waals surface area contributed by atoms with Crippen molar-refractivity contribution in [3.8, 4) is 0 Å². The predicted octanol–water partition coefficient (Wildman–Crippen LogP) is 3.04. The van der Waals surface area contributed by atoms with E-state index in [9.17, 15) is 22.0 Å². The van der Waals surface area contributed by atoms with Crippen molar-refractivity contribution < 1.29 is 30.9 Å². The maximum absolute atomic E-state index is 11.9. The lowest BCUT2D eigenvalue weighted by molar-refractivity contribution is -0.151. The fraction of sp³-hybridized carbons (Fsp3) is 0.588. The van der Waals surface area contributed by atoms with Gasteiger partial charge in [-0.25, -0.2) is 8.78 Å². The lowest BCUT2D eigenvalue weighted by atomic mass is 9.98. The Labute approximate surface area is 153 Å². The highest BCUT2D eigenvalue weighted by Gasteiger charge is 2.54. The van der Waals surface area contributed by atoms with Crippen molar-refractivity contribution in [3.05, 3.63) is 35.9 Å². The van der Waals surface area contributed by atoms with Gasteiger partial charge in [0.1, 0.15) is 17.2 Å². The molecular formula is C17H25F2NO5S. The monoisotopic (exact) mass is 393 g/mol. The summed E-state index contributed by atoms with van der Waals surface area (Å²) >= 11 is 0. The van der Waals surface area contributed by atoms with Gasteiger partial charge in [0.15, 0.2) is 0 Å². The molecule has 26 heavy (non-hydrogen) atoms. The van der Waals surface area contributed by atoms with Crippen LogP contribution in [-0.4, -0.2) is 44.5 Å². The summed E-state index contributed by atoms with van der Waals surface area (Å²) in [6, 6.07) is 4.55. The van der Waals surface area contributed by atoms with Crippen LogP contribution < -0.4 is 0 Å². The largest absolute Gasteiger partial charge is 0.468 e. The zero-order valence-electron chi connectivity index (χ0n) is 15.2. The average molecular weight is 393 g/mol. The lowest BCUT2D eigenvalue weighted by Gasteiger charge is -2.32. The van der Waals surface area contributed by atoms with Crippen molar-refractivity contribution in [3.63, 3.8) is 0 Å². The number of esters is 1. The van der Waals surface area contributed by atoms with Crippen LogP contribution in [0, 0.1) is 11.6 Å². The van der Waals surface area contributed by atoms with Crippen molar-refractivity contribution >= 4 is 16.3 Å². The van der Waals surface area contributed by atoms with E-state index in [2.05, 4.69) is 4.18 Å². The summed E-state index contributed by atoms with van der Waals surface area (Å²) in [4.78, 5) is 11.8. The molecule has 0 unspecified atom stereocenters. The Kier molecular flexibility index (Phi) is 8.58. The third kappa shape index (κ3) is 5.21. The second-order valence-corrected chi connectivity index (χ2v) is 7.05. The van der Waals surface area contributed by atoms with Crippen molar-refractivity contribution in [1.29, 1.82) is 0 Å². The normalized spacial score (nSPS) is 20.3. The number of carbonyl (C=O) groups is 1. The van der Waals surface area contributed by atoms with Crippen LogP contribution in [0.25, 0.3) is 0 Å².